The van der Waals surface area contributed by atoms with E-state index in [2.05, 4.69) is 9.58 Å². The maximum Gasteiger partial charge on any atom is 0.338 e. The first-order chi connectivity index (χ1) is 6.60. The van der Waals surface area contributed by atoms with Crippen molar-refractivity contribution in [1.29, 1.82) is 0 Å². The van der Waals surface area contributed by atoms with Gasteiger partial charge in [0.2, 0.25) is 0 Å². The minimum absolute atomic E-state index is 0.350. The Labute approximate surface area is 83.1 Å². The lowest BCUT2D eigenvalue weighted by molar-refractivity contribution is 0.0599. The van der Waals surface area contributed by atoms with Crippen molar-refractivity contribution in [2.45, 2.75) is 13.8 Å². The summed E-state index contributed by atoms with van der Waals surface area (Å²) in [5.41, 5.74) is 2.67. The molecule has 0 aliphatic rings. The molecule has 0 heterocycles. The molecule has 3 nitrogen and oxygen atoms in total. The summed E-state index contributed by atoms with van der Waals surface area (Å²) < 4.78 is 4.66. The van der Waals surface area contributed by atoms with Gasteiger partial charge in [-0.1, -0.05) is 12.1 Å². The normalized spacial score (nSPS) is 9.29. The highest BCUT2D eigenvalue weighted by atomic mass is 16.5. The monoisotopic (exact) mass is 189 g/mol. The van der Waals surface area contributed by atoms with Gasteiger partial charge in [-0.25, -0.2) is 9.64 Å². The van der Waals surface area contributed by atoms with E-state index in [1.807, 2.05) is 0 Å². The molecule has 3 heteroatoms. The summed E-state index contributed by atoms with van der Waals surface area (Å²) in [5, 5.41) is 0. The highest BCUT2D eigenvalue weighted by molar-refractivity contribution is 5.93. The molecule has 0 atom stereocenters. The highest BCUT2D eigenvalue weighted by Gasteiger charge is 2.12. The molecule has 0 aliphatic carbocycles. The molecule has 1 rings (SSSR count). The zero-order valence-electron chi connectivity index (χ0n) is 8.42. The predicted octanol–water partition coefficient (Wildman–Crippen LogP) is 2.64. The van der Waals surface area contributed by atoms with Crippen LogP contribution < -0.4 is 0 Å². The van der Waals surface area contributed by atoms with Gasteiger partial charge in [-0.3, -0.25) is 0 Å². The van der Waals surface area contributed by atoms with Crippen LogP contribution in [0, 0.1) is 20.4 Å². The Bertz CT molecular complexity index is 393. The van der Waals surface area contributed by atoms with Crippen LogP contribution in [0.2, 0.25) is 0 Å². The van der Waals surface area contributed by atoms with Gasteiger partial charge in [0.1, 0.15) is 0 Å². The number of benzene rings is 1. The van der Waals surface area contributed by atoms with Crippen LogP contribution in [0.5, 0.6) is 0 Å². The molecule has 1 aromatic rings. The van der Waals surface area contributed by atoms with Crippen LogP contribution in [-0.2, 0) is 4.74 Å². The van der Waals surface area contributed by atoms with Gasteiger partial charge >= 0.3 is 5.97 Å². The van der Waals surface area contributed by atoms with Crippen molar-refractivity contribution in [2.75, 3.05) is 7.11 Å². The third-order valence-electron chi connectivity index (χ3n) is 2.04. The molecule has 14 heavy (non-hydrogen) atoms. The van der Waals surface area contributed by atoms with Crippen molar-refractivity contribution in [1.82, 2.24) is 0 Å². The summed E-state index contributed by atoms with van der Waals surface area (Å²) in [6.45, 7) is 10.5. The maximum absolute atomic E-state index is 11.4. The summed E-state index contributed by atoms with van der Waals surface area (Å²) in [6.07, 6.45) is 0. The number of nitrogens with zero attached hydrogens (tertiary/aromatic N) is 1. The second-order valence-electron chi connectivity index (χ2n) is 3.06. The first kappa shape index (κ1) is 10.3. The van der Waals surface area contributed by atoms with E-state index in [1.165, 1.54) is 7.11 Å². The molecule has 72 valence electrons. The third-order valence-corrected chi connectivity index (χ3v) is 2.04. The van der Waals surface area contributed by atoms with Gasteiger partial charge in [0, 0.05) is 0 Å². The average Bonchev–Trinajstić information content (AvgIpc) is 2.16. The molecule has 0 unspecified atom stereocenters. The van der Waals surface area contributed by atoms with Gasteiger partial charge in [0.15, 0.2) is 5.69 Å². The molecule has 0 aromatic heterocycles. The molecule has 0 spiro atoms. The Morgan fingerprint density at radius 2 is 1.86 bits per heavy atom. The lowest BCUT2D eigenvalue weighted by Gasteiger charge is -2.07. The standard InChI is InChI=1S/C11H11NO2/c1-7-5-9(12-3)6-8(2)10(7)11(13)14-4/h5-6H,1-2,4H3. The van der Waals surface area contributed by atoms with E-state index in [0.29, 0.717) is 11.3 Å². The third kappa shape index (κ3) is 1.74. The fourth-order valence-corrected chi connectivity index (χ4v) is 1.43. The molecule has 0 fully saturated rings. The number of rotatable bonds is 1. The fourth-order valence-electron chi connectivity index (χ4n) is 1.43. The van der Waals surface area contributed by atoms with Crippen molar-refractivity contribution >= 4 is 11.7 Å². The van der Waals surface area contributed by atoms with Crippen molar-refractivity contribution in [3.63, 3.8) is 0 Å². The number of carbonyl (C=O) groups is 1. The Morgan fingerprint density at radius 3 is 2.21 bits per heavy atom. The van der Waals surface area contributed by atoms with E-state index in [9.17, 15) is 4.79 Å². The Kier molecular flexibility index (Phi) is 2.88. The number of methoxy groups -OCH3 is 1. The van der Waals surface area contributed by atoms with Crippen LogP contribution in [0.3, 0.4) is 0 Å². The van der Waals surface area contributed by atoms with Crippen molar-refractivity contribution in [3.8, 4) is 0 Å². The van der Waals surface area contributed by atoms with Crippen LogP contribution in [-0.4, -0.2) is 13.1 Å². The zero-order valence-corrected chi connectivity index (χ0v) is 8.42. The van der Waals surface area contributed by atoms with Crippen molar-refractivity contribution in [3.05, 3.63) is 40.2 Å². The Morgan fingerprint density at radius 1 is 1.36 bits per heavy atom. The summed E-state index contributed by atoms with van der Waals surface area (Å²) in [5.74, 6) is -0.350. The van der Waals surface area contributed by atoms with Crippen LogP contribution in [0.4, 0.5) is 5.69 Å². The second kappa shape index (κ2) is 3.93. The number of hydrogen-bond acceptors (Lipinski definition) is 2. The van der Waals surface area contributed by atoms with Crippen molar-refractivity contribution < 1.29 is 9.53 Å². The SMILES string of the molecule is [C-]#[N+]c1cc(C)c(C(=O)OC)c(C)c1. The van der Waals surface area contributed by atoms with Crippen LogP contribution in [0.25, 0.3) is 4.85 Å². The maximum atomic E-state index is 11.4. The summed E-state index contributed by atoms with van der Waals surface area (Å²) >= 11 is 0. The van der Waals surface area contributed by atoms with Crippen molar-refractivity contribution in [2.24, 2.45) is 0 Å². The molecule has 0 aliphatic heterocycles. The quantitative estimate of drug-likeness (QED) is 0.502. The number of hydrogen-bond donors (Lipinski definition) is 0. The van der Waals surface area contributed by atoms with E-state index in [4.69, 9.17) is 6.57 Å². The number of ether oxygens (including phenoxy) is 1. The van der Waals surface area contributed by atoms with Gasteiger partial charge in [0.25, 0.3) is 0 Å². The van der Waals surface area contributed by atoms with Crippen LogP contribution in [0.15, 0.2) is 12.1 Å². The summed E-state index contributed by atoms with van der Waals surface area (Å²) in [7, 11) is 1.35. The molecule has 0 bridgehead atoms. The summed E-state index contributed by atoms with van der Waals surface area (Å²) in [4.78, 5) is 14.7. The van der Waals surface area contributed by atoms with Gasteiger partial charge < -0.3 is 4.74 Å². The Balaban J connectivity index is 3.34. The van der Waals surface area contributed by atoms with Gasteiger partial charge in [-0.2, -0.15) is 0 Å². The molecule has 0 saturated carbocycles. The van der Waals surface area contributed by atoms with Gasteiger partial charge in [0.05, 0.1) is 19.2 Å². The largest absolute Gasteiger partial charge is 0.465 e. The smallest absolute Gasteiger partial charge is 0.338 e. The number of esters is 1. The molecular formula is C11H11NO2. The number of aryl methyl sites for hydroxylation is 2. The second-order valence-corrected chi connectivity index (χ2v) is 3.06. The molecule has 0 saturated heterocycles. The van der Waals surface area contributed by atoms with E-state index in [1.54, 1.807) is 26.0 Å². The number of carbonyl (C=O) groups excluding carboxylic acids is 1. The van der Waals surface area contributed by atoms with E-state index in [-0.39, 0.29) is 5.97 Å². The van der Waals surface area contributed by atoms with Crippen LogP contribution in [0.1, 0.15) is 21.5 Å². The molecule has 0 N–H and O–H groups in total. The Hall–Kier alpha value is -1.82. The molecule has 1 aromatic carbocycles. The molecule has 0 amide bonds. The zero-order chi connectivity index (χ0) is 10.7. The van der Waals surface area contributed by atoms with E-state index in [0.717, 1.165) is 11.1 Å². The lowest BCUT2D eigenvalue weighted by Crippen LogP contribution is -2.06. The summed E-state index contributed by atoms with van der Waals surface area (Å²) in [6, 6.07) is 3.37. The first-order valence-corrected chi connectivity index (χ1v) is 4.17. The lowest BCUT2D eigenvalue weighted by atomic mass is 10.0. The van der Waals surface area contributed by atoms with E-state index >= 15 is 0 Å². The minimum Gasteiger partial charge on any atom is -0.465 e. The first-order valence-electron chi connectivity index (χ1n) is 4.17. The molecule has 0 radical (unpaired) electrons. The van der Waals surface area contributed by atoms with Gasteiger partial charge in [-0.05, 0) is 25.0 Å². The van der Waals surface area contributed by atoms with Gasteiger partial charge in [-0.15, -0.1) is 0 Å². The van der Waals surface area contributed by atoms with E-state index < -0.39 is 0 Å². The predicted molar refractivity (Wildman–Crippen MR) is 53.5 cm³/mol. The minimum atomic E-state index is -0.350. The highest BCUT2D eigenvalue weighted by Crippen LogP contribution is 2.22. The molecular weight excluding hydrogens is 178 g/mol. The van der Waals surface area contributed by atoms with Crippen LogP contribution >= 0.6 is 0 Å². The average molecular weight is 189 g/mol. The topological polar surface area (TPSA) is 30.7 Å². The fraction of sp³-hybridized carbons (Fsp3) is 0.273.